The summed E-state index contributed by atoms with van der Waals surface area (Å²) in [7, 11) is 1.91. The molecule has 3 unspecified atom stereocenters. The zero-order valence-corrected chi connectivity index (χ0v) is 15.2. The van der Waals surface area contributed by atoms with E-state index in [1.165, 1.54) is 32.4 Å². The van der Waals surface area contributed by atoms with Crippen LogP contribution < -0.4 is 5.32 Å². The van der Waals surface area contributed by atoms with Crippen molar-refractivity contribution >= 4 is 5.96 Å². The number of ether oxygens (including phenoxy) is 1. The maximum atomic E-state index is 5.63. The average molecular weight is 322 g/mol. The third-order valence-electron chi connectivity index (χ3n) is 5.79. The fourth-order valence-corrected chi connectivity index (χ4v) is 4.72. The Morgan fingerprint density at radius 1 is 1.26 bits per heavy atom. The van der Waals surface area contributed by atoms with Gasteiger partial charge in [-0.2, -0.15) is 0 Å². The number of nitrogens with one attached hydrogen (secondary N) is 1. The molecule has 0 saturated carbocycles. The Morgan fingerprint density at radius 3 is 2.70 bits per heavy atom. The van der Waals surface area contributed by atoms with Crippen LogP contribution in [-0.2, 0) is 4.74 Å². The largest absolute Gasteiger partial charge is 0.381 e. The van der Waals surface area contributed by atoms with Gasteiger partial charge < -0.3 is 19.9 Å². The van der Waals surface area contributed by atoms with E-state index >= 15 is 0 Å². The second kappa shape index (κ2) is 7.39. The minimum absolute atomic E-state index is 0.398. The zero-order valence-electron chi connectivity index (χ0n) is 15.2. The normalized spacial score (nSPS) is 36.1. The molecule has 3 fully saturated rings. The van der Waals surface area contributed by atoms with Crippen molar-refractivity contribution in [3.05, 3.63) is 0 Å². The first kappa shape index (κ1) is 17.0. The number of guanidine groups is 1. The van der Waals surface area contributed by atoms with Crippen molar-refractivity contribution in [2.45, 2.75) is 33.1 Å². The summed E-state index contributed by atoms with van der Waals surface area (Å²) in [6.07, 6.45) is 3.84. The van der Waals surface area contributed by atoms with Gasteiger partial charge in [-0.1, -0.05) is 13.8 Å². The third kappa shape index (κ3) is 4.18. The smallest absolute Gasteiger partial charge is 0.193 e. The Labute approximate surface area is 141 Å². The molecule has 132 valence electrons. The predicted molar refractivity (Wildman–Crippen MR) is 94.8 cm³/mol. The molecule has 3 aliphatic rings. The van der Waals surface area contributed by atoms with E-state index in [2.05, 4.69) is 34.0 Å². The van der Waals surface area contributed by atoms with Crippen LogP contribution in [0.4, 0.5) is 0 Å². The number of hydrogen-bond donors (Lipinski definition) is 1. The Bertz CT molecular complexity index is 409. The van der Waals surface area contributed by atoms with Crippen molar-refractivity contribution in [3.63, 3.8) is 0 Å². The number of rotatable bonds is 3. The van der Waals surface area contributed by atoms with E-state index in [0.717, 1.165) is 57.2 Å². The summed E-state index contributed by atoms with van der Waals surface area (Å²) < 4.78 is 5.63. The van der Waals surface area contributed by atoms with Crippen molar-refractivity contribution < 1.29 is 4.74 Å². The van der Waals surface area contributed by atoms with Crippen LogP contribution in [0.5, 0.6) is 0 Å². The van der Waals surface area contributed by atoms with E-state index in [9.17, 15) is 0 Å². The fraction of sp³-hybridized carbons (Fsp3) is 0.944. The molecule has 0 aromatic heterocycles. The molecular formula is C18H34N4O. The first-order valence-corrected chi connectivity index (χ1v) is 9.36. The van der Waals surface area contributed by atoms with E-state index in [0.29, 0.717) is 5.41 Å². The molecule has 3 aliphatic heterocycles. The van der Waals surface area contributed by atoms with Crippen molar-refractivity contribution in [1.29, 1.82) is 0 Å². The summed E-state index contributed by atoms with van der Waals surface area (Å²) in [4.78, 5) is 9.54. The van der Waals surface area contributed by atoms with Gasteiger partial charge in [-0.15, -0.1) is 0 Å². The number of hydrogen-bond acceptors (Lipinski definition) is 3. The van der Waals surface area contributed by atoms with Crippen LogP contribution in [0.25, 0.3) is 0 Å². The maximum absolute atomic E-state index is 5.63. The highest BCUT2D eigenvalue weighted by Gasteiger charge is 2.42. The van der Waals surface area contributed by atoms with Gasteiger partial charge in [0.2, 0.25) is 0 Å². The predicted octanol–water partition coefficient (Wildman–Crippen LogP) is 1.65. The fourth-order valence-electron chi connectivity index (χ4n) is 4.72. The molecule has 0 amide bonds. The Morgan fingerprint density at radius 2 is 2.04 bits per heavy atom. The topological polar surface area (TPSA) is 40.1 Å². The summed E-state index contributed by atoms with van der Waals surface area (Å²) in [6.45, 7) is 13.4. The lowest BCUT2D eigenvalue weighted by Crippen LogP contribution is -2.46. The summed E-state index contributed by atoms with van der Waals surface area (Å²) in [5, 5.41) is 3.59. The number of likely N-dealkylation sites (tertiary alicyclic amines) is 2. The zero-order chi connectivity index (χ0) is 16.3. The van der Waals surface area contributed by atoms with Gasteiger partial charge in [-0.3, -0.25) is 4.99 Å². The molecule has 3 atom stereocenters. The van der Waals surface area contributed by atoms with Gasteiger partial charge in [0.25, 0.3) is 0 Å². The van der Waals surface area contributed by atoms with E-state index in [4.69, 9.17) is 4.74 Å². The van der Waals surface area contributed by atoms with Gasteiger partial charge >= 0.3 is 0 Å². The summed E-state index contributed by atoms with van der Waals surface area (Å²) in [5.41, 5.74) is 0.398. The highest BCUT2D eigenvalue weighted by atomic mass is 16.5. The second-order valence-corrected chi connectivity index (χ2v) is 8.15. The van der Waals surface area contributed by atoms with Crippen molar-refractivity contribution in [3.8, 4) is 0 Å². The van der Waals surface area contributed by atoms with Gasteiger partial charge in [0.15, 0.2) is 5.96 Å². The van der Waals surface area contributed by atoms with E-state index in [1.807, 2.05) is 7.05 Å². The molecule has 3 rings (SSSR count). The molecule has 0 bridgehead atoms. The molecule has 0 aliphatic carbocycles. The quantitative estimate of drug-likeness (QED) is 0.634. The molecular weight excluding hydrogens is 288 g/mol. The monoisotopic (exact) mass is 322 g/mol. The van der Waals surface area contributed by atoms with Crippen molar-refractivity contribution in [2.24, 2.45) is 22.2 Å². The lowest BCUT2D eigenvalue weighted by molar-refractivity contribution is 0.143. The SMILES string of the molecule is CN=C(NCCN1CC(C)CC(C)C1)N1CCC2(CCOC2)C1. The minimum atomic E-state index is 0.398. The van der Waals surface area contributed by atoms with Gasteiger partial charge in [-0.05, 0) is 31.1 Å². The molecule has 1 spiro atoms. The summed E-state index contributed by atoms with van der Waals surface area (Å²) >= 11 is 0. The minimum Gasteiger partial charge on any atom is -0.381 e. The third-order valence-corrected chi connectivity index (χ3v) is 5.79. The molecule has 5 heteroatoms. The van der Waals surface area contributed by atoms with Crippen LogP contribution in [0.1, 0.15) is 33.1 Å². The number of aliphatic imine (C=N–C) groups is 1. The van der Waals surface area contributed by atoms with Crippen LogP contribution in [0, 0.1) is 17.3 Å². The van der Waals surface area contributed by atoms with Crippen LogP contribution in [0.15, 0.2) is 4.99 Å². The average Bonchev–Trinajstić information content (AvgIpc) is 3.13. The number of nitrogens with zero attached hydrogens (tertiary/aromatic N) is 3. The van der Waals surface area contributed by atoms with Gasteiger partial charge in [0.05, 0.1) is 6.61 Å². The maximum Gasteiger partial charge on any atom is 0.193 e. The van der Waals surface area contributed by atoms with Crippen LogP contribution in [0.3, 0.4) is 0 Å². The molecule has 23 heavy (non-hydrogen) atoms. The molecule has 0 radical (unpaired) electrons. The first-order chi connectivity index (χ1) is 11.1. The van der Waals surface area contributed by atoms with Gasteiger partial charge in [0, 0.05) is 58.3 Å². The Kier molecular flexibility index (Phi) is 5.47. The second-order valence-electron chi connectivity index (χ2n) is 8.15. The first-order valence-electron chi connectivity index (χ1n) is 9.36. The highest BCUT2D eigenvalue weighted by Crippen LogP contribution is 2.38. The van der Waals surface area contributed by atoms with Crippen LogP contribution in [0.2, 0.25) is 0 Å². The molecule has 1 N–H and O–H groups in total. The molecule has 0 aromatic rings. The number of piperidine rings is 1. The van der Waals surface area contributed by atoms with E-state index in [1.54, 1.807) is 0 Å². The van der Waals surface area contributed by atoms with Crippen molar-refractivity contribution in [2.75, 3.05) is 59.5 Å². The Balaban J connectivity index is 1.43. The van der Waals surface area contributed by atoms with Gasteiger partial charge in [0.1, 0.15) is 0 Å². The van der Waals surface area contributed by atoms with Crippen molar-refractivity contribution in [1.82, 2.24) is 15.1 Å². The molecule has 5 nitrogen and oxygen atoms in total. The summed E-state index contributed by atoms with van der Waals surface area (Å²) in [6, 6.07) is 0. The molecule has 0 aromatic carbocycles. The Hall–Kier alpha value is -0.810. The van der Waals surface area contributed by atoms with Gasteiger partial charge in [-0.25, -0.2) is 0 Å². The highest BCUT2D eigenvalue weighted by molar-refractivity contribution is 5.80. The van der Waals surface area contributed by atoms with E-state index < -0.39 is 0 Å². The molecule has 3 heterocycles. The van der Waals surface area contributed by atoms with E-state index in [-0.39, 0.29) is 0 Å². The summed E-state index contributed by atoms with van der Waals surface area (Å²) in [5.74, 6) is 2.74. The lowest BCUT2D eigenvalue weighted by atomic mass is 9.87. The standard InChI is InChI=1S/C18H34N4O/c1-15-10-16(2)12-21(11-15)8-6-20-17(19-3)22-7-4-18(13-22)5-9-23-14-18/h15-16H,4-14H2,1-3H3,(H,19,20). The lowest BCUT2D eigenvalue weighted by Gasteiger charge is -2.35. The van der Waals surface area contributed by atoms with Crippen LogP contribution in [-0.4, -0.2) is 75.3 Å². The molecule has 3 saturated heterocycles. The van der Waals surface area contributed by atoms with Crippen LogP contribution >= 0.6 is 0 Å².